The zero-order valence-electron chi connectivity index (χ0n) is 16.5. The molecule has 0 radical (unpaired) electrons. The van der Waals surface area contributed by atoms with Crippen molar-refractivity contribution in [3.05, 3.63) is 29.8 Å². The molecule has 0 N–H and O–H groups in total. The number of alkyl halides is 3. The van der Waals surface area contributed by atoms with E-state index in [9.17, 15) is 22.8 Å². The molecule has 3 rings (SSSR count). The Kier molecular flexibility index (Phi) is 5.80. The van der Waals surface area contributed by atoms with Crippen LogP contribution in [-0.2, 0) is 9.47 Å². The van der Waals surface area contributed by atoms with Crippen LogP contribution in [0.2, 0.25) is 0 Å². The van der Waals surface area contributed by atoms with Gasteiger partial charge in [-0.15, -0.1) is 13.2 Å². The summed E-state index contributed by atoms with van der Waals surface area (Å²) in [5.74, 6) is -1.12. The van der Waals surface area contributed by atoms with Gasteiger partial charge >= 0.3 is 12.5 Å². The third-order valence-electron chi connectivity index (χ3n) is 4.85. The minimum atomic E-state index is -4.82. The Morgan fingerprint density at radius 1 is 1.10 bits per heavy atom. The third kappa shape index (κ3) is 5.41. The Balaban J connectivity index is 1.73. The van der Waals surface area contributed by atoms with Crippen molar-refractivity contribution in [1.82, 2.24) is 4.90 Å². The molecule has 2 atom stereocenters. The summed E-state index contributed by atoms with van der Waals surface area (Å²) in [6, 6.07) is 4.44. The van der Waals surface area contributed by atoms with Gasteiger partial charge in [-0.2, -0.15) is 0 Å². The van der Waals surface area contributed by atoms with Crippen LogP contribution < -0.4 is 4.74 Å². The number of benzene rings is 1. The van der Waals surface area contributed by atoms with E-state index in [4.69, 9.17) is 9.47 Å². The molecule has 160 valence electrons. The van der Waals surface area contributed by atoms with Gasteiger partial charge in [0.2, 0.25) is 0 Å². The van der Waals surface area contributed by atoms with Gasteiger partial charge in [0.25, 0.3) is 0 Å². The summed E-state index contributed by atoms with van der Waals surface area (Å²) < 4.78 is 52.3. The second-order valence-corrected chi connectivity index (χ2v) is 8.34. The molecule has 2 aliphatic rings. The normalized spacial score (nSPS) is 24.8. The van der Waals surface area contributed by atoms with Crippen molar-refractivity contribution in [2.45, 2.75) is 57.7 Å². The average molecular weight is 415 g/mol. The van der Waals surface area contributed by atoms with Crippen LogP contribution in [0, 0.1) is 5.92 Å². The van der Waals surface area contributed by atoms with Crippen molar-refractivity contribution >= 4 is 11.9 Å². The summed E-state index contributed by atoms with van der Waals surface area (Å²) in [6.07, 6.45) is -4.55. The van der Waals surface area contributed by atoms with Crippen LogP contribution in [0.15, 0.2) is 24.3 Å². The van der Waals surface area contributed by atoms with Crippen molar-refractivity contribution in [2.75, 3.05) is 13.2 Å². The molecular weight excluding hydrogens is 391 g/mol. The number of ketones is 1. The first kappa shape index (κ1) is 21.4. The zero-order chi connectivity index (χ0) is 21.4. The van der Waals surface area contributed by atoms with E-state index >= 15 is 0 Å². The maximum absolute atomic E-state index is 12.9. The molecule has 9 heteroatoms. The predicted octanol–water partition coefficient (Wildman–Crippen LogP) is 4.18. The Bertz CT molecular complexity index is 760. The Hall–Kier alpha value is -2.29. The molecule has 2 unspecified atom stereocenters. The lowest BCUT2D eigenvalue weighted by atomic mass is 9.81. The van der Waals surface area contributed by atoms with Gasteiger partial charge in [-0.3, -0.25) is 9.69 Å². The number of fused-ring (bicyclic) bond motifs is 2. The van der Waals surface area contributed by atoms with Crippen LogP contribution in [0.1, 0.15) is 44.0 Å². The minimum absolute atomic E-state index is 0.154. The highest BCUT2D eigenvalue weighted by Gasteiger charge is 2.45. The molecule has 0 aromatic heterocycles. The molecule has 1 amide bonds. The second kappa shape index (κ2) is 7.85. The quantitative estimate of drug-likeness (QED) is 0.693. The molecule has 6 nitrogen and oxygen atoms in total. The molecule has 0 saturated carbocycles. The number of halogens is 3. The van der Waals surface area contributed by atoms with Gasteiger partial charge in [0.1, 0.15) is 11.4 Å². The van der Waals surface area contributed by atoms with Gasteiger partial charge in [-0.1, -0.05) is 12.1 Å². The molecule has 2 aliphatic heterocycles. The number of piperidine rings is 1. The van der Waals surface area contributed by atoms with Crippen molar-refractivity contribution in [2.24, 2.45) is 5.92 Å². The maximum Gasteiger partial charge on any atom is 0.573 e. The monoisotopic (exact) mass is 415 g/mol. The number of ether oxygens (including phenoxy) is 3. The summed E-state index contributed by atoms with van der Waals surface area (Å²) >= 11 is 0. The fourth-order valence-electron chi connectivity index (χ4n) is 3.82. The van der Waals surface area contributed by atoms with Crippen LogP contribution in [0.4, 0.5) is 18.0 Å². The van der Waals surface area contributed by atoms with Gasteiger partial charge in [0.05, 0.1) is 25.3 Å². The van der Waals surface area contributed by atoms with Crippen LogP contribution in [-0.4, -0.2) is 54.0 Å². The van der Waals surface area contributed by atoms with Gasteiger partial charge in [0.15, 0.2) is 5.78 Å². The SMILES string of the molecule is CC(C)(C)OC(=O)N1C2COCC1CC(C(=O)c1cccc(OC(F)(F)F)c1)C2. The highest BCUT2D eigenvalue weighted by Crippen LogP contribution is 2.35. The molecule has 2 fully saturated rings. The van der Waals surface area contributed by atoms with Gasteiger partial charge in [-0.25, -0.2) is 4.79 Å². The largest absolute Gasteiger partial charge is 0.573 e. The molecule has 1 aromatic rings. The number of rotatable bonds is 3. The van der Waals surface area contributed by atoms with E-state index in [1.807, 2.05) is 0 Å². The second-order valence-electron chi connectivity index (χ2n) is 8.34. The first-order chi connectivity index (χ1) is 13.4. The molecule has 0 spiro atoms. The summed E-state index contributed by atoms with van der Waals surface area (Å²) in [6.45, 7) is 5.92. The number of Topliss-reactive ketones (excluding diaryl/α,β-unsaturated/α-hetero) is 1. The van der Waals surface area contributed by atoms with E-state index in [2.05, 4.69) is 4.74 Å². The van der Waals surface area contributed by atoms with Crippen LogP contribution in [0.5, 0.6) is 5.75 Å². The highest BCUT2D eigenvalue weighted by atomic mass is 19.4. The van der Waals surface area contributed by atoms with Crippen molar-refractivity contribution in [1.29, 1.82) is 0 Å². The third-order valence-corrected chi connectivity index (χ3v) is 4.85. The topological polar surface area (TPSA) is 65.1 Å². The lowest BCUT2D eigenvalue weighted by Gasteiger charge is -2.47. The number of hydrogen-bond donors (Lipinski definition) is 0. The first-order valence-electron chi connectivity index (χ1n) is 9.42. The molecule has 29 heavy (non-hydrogen) atoms. The van der Waals surface area contributed by atoms with E-state index in [1.54, 1.807) is 25.7 Å². The fourth-order valence-corrected chi connectivity index (χ4v) is 3.82. The number of morpholine rings is 1. The predicted molar refractivity (Wildman–Crippen MR) is 96.6 cm³/mol. The number of nitrogens with zero attached hydrogens (tertiary/aromatic N) is 1. The molecule has 2 saturated heterocycles. The molecule has 2 bridgehead atoms. The Labute approximate surface area is 166 Å². The van der Waals surface area contributed by atoms with E-state index in [0.717, 1.165) is 12.1 Å². The number of carbonyl (C=O) groups excluding carboxylic acids is 2. The molecule has 0 aliphatic carbocycles. The summed E-state index contributed by atoms with van der Waals surface area (Å²) in [7, 11) is 0. The number of carbonyl (C=O) groups is 2. The van der Waals surface area contributed by atoms with Crippen LogP contribution >= 0.6 is 0 Å². The van der Waals surface area contributed by atoms with Crippen LogP contribution in [0.25, 0.3) is 0 Å². The Morgan fingerprint density at radius 2 is 1.72 bits per heavy atom. The lowest BCUT2D eigenvalue weighted by molar-refractivity contribution is -0.274. The number of amides is 1. The first-order valence-corrected chi connectivity index (χ1v) is 9.42. The van der Waals surface area contributed by atoms with Crippen molar-refractivity contribution in [3.63, 3.8) is 0 Å². The van der Waals surface area contributed by atoms with Gasteiger partial charge in [-0.05, 0) is 45.7 Å². The standard InChI is InChI=1S/C20H24F3NO5/c1-19(2,3)29-18(26)24-14-7-13(8-15(24)11-27-10-14)17(25)12-5-4-6-16(9-12)28-20(21,22)23/h4-6,9,13-15H,7-8,10-11H2,1-3H3. The fraction of sp³-hybridized carbons (Fsp3) is 0.600. The van der Waals surface area contributed by atoms with Gasteiger partial charge < -0.3 is 14.2 Å². The minimum Gasteiger partial charge on any atom is -0.444 e. The van der Waals surface area contributed by atoms with E-state index in [-0.39, 0.29) is 36.6 Å². The summed E-state index contributed by atoms with van der Waals surface area (Å²) in [5.41, 5.74) is -0.487. The smallest absolute Gasteiger partial charge is 0.444 e. The summed E-state index contributed by atoms with van der Waals surface area (Å²) in [5, 5.41) is 0. The van der Waals surface area contributed by atoms with Crippen molar-refractivity contribution < 1.29 is 37.0 Å². The van der Waals surface area contributed by atoms with Crippen LogP contribution in [0.3, 0.4) is 0 Å². The zero-order valence-corrected chi connectivity index (χ0v) is 16.5. The van der Waals surface area contributed by atoms with E-state index < -0.39 is 29.7 Å². The average Bonchev–Trinajstić information content (AvgIpc) is 2.57. The number of hydrogen-bond acceptors (Lipinski definition) is 5. The summed E-state index contributed by atoms with van der Waals surface area (Å²) in [4.78, 5) is 27.2. The maximum atomic E-state index is 12.9. The van der Waals surface area contributed by atoms with Crippen molar-refractivity contribution in [3.8, 4) is 5.75 Å². The molecule has 1 aromatic carbocycles. The van der Waals surface area contributed by atoms with E-state index in [0.29, 0.717) is 12.8 Å². The van der Waals surface area contributed by atoms with Gasteiger partial charge in [0, 0.05) is 11.5 Å². The highest BCUT2D eigenvalue weighted by molar-refractivity contribution is 5.98. The van der Waals surface area contributed by atoms with E-state index in [1.165, 1.54) is 12.1 Å². The molecular formula is C20H24F3NO5. The molecule has 2 heterocycles. The Morgan fingerprint density at radius 3 is 2.28 bits per heavy atom. The lowest BCUT2D eigenvalue weighted by Crippen LogP contribution is -2.60.